The van der Waals surface area contributed by atoms with Gasteiger partial charge >= 0.3 is 0 Å². The van der Waals surface area contributed by atoms with Crippen LogP contribution >= 0.6 is 23.4 Å². The van der Waals surface area contributed by atoms with E-state index in [2.05, 4.69) is 30.2 Å². The van der Waals surface area contributed by atoms with Crippen LogP contribution in [-0.2, 0) is 0 Å². The average molecular weight is 324 g/mol. The number of nitrogens with zero attached hydrogens (tertiary/aromatic N) is 2. The number of thioether (sulfide) groups is 1. The van der Waals surface area contributed by atoms with Crippen molar-refractivity contribution in [2.75, 3.05) is 5.75 Å². The summed E-state index contributed by atoms with van der Waals surface area (Å²) >= 11 is 7.58. The van der Waals surface area contributed by atoms with Gasteiger partial charge in [0.05, 0.1) is 16.1 Å². The van der Waals surface area contributed by atoms with Gasteiger partial charge in [0.25, 0.3) is 0 Å². The Kier molecular flexibility index (Phi) is 5.92. The Bertz CT molecular complexity index is 497. The molecule has 1 N–H and O–H groups in total. The molecule has 2 rings (SSSR count). The second kappa shape index (κ2) is 7.49. The topological polar surface area (TPSA) is 48.7 Å². The molecule has 114 valence electrons. The first-order chi connectivity index (χ1) is 10.1. The fourth-order valence-electron chi connectivity index (χ4n) is 3.11. The van der Waals surface area contributed by atoms with Crippen molar-refractivity contribution in [3.05, 3.63) is 23.4 Å². The van der Waals surface area contributed by atoms with E-state index in [1.54, 1.807) is 18.0 Å². The molecule has 3 nitrogen and oxygen atoms in total. The maximum atomic E-state index is 9.64. The minimum Gasteiger partial charge on any atom is -0.297 e. The van der Waals surface area contributed by atoms with E-state index in [0.717, 1.165) is 36.5 Å². The van der Waals surface area contributed by atoms with E-state index in [1.165, 1.54) is 0 Å². The molecule has 1 heterocycles. The highest BCUT2D eigenvalue weighted by Gasteiger charge is 2.42. The fourth-order valence-corrected chi connectivity index (χ4v) is 4.12. The Hall–Kier alpha value is -0.760. The molecule has 1 aromatic heterocycles. The summed E-state index contributed by atoms with van der Waals surface area (Å²) < 4.78 is 0. The largest absolute Gasteiger partial charge is 0.297 e. The Labute approximate surface area is 136 Å². The van der Waals surface area contributed by atoms with E-state index in [1.807, 2.05) is 12.1 Å². The van der Waals surface area contributed by atoms with E-state index < -0.39 is 0 Å². The number of pyridine rings is 1. The number of nitriles is 1. The SMILES string of the molecule is CC(C)NC1(C#N)CCCC1CCSc1ccc(Cl)cn1. The molecule has 21 heavy (non-hydrogen) atoms. The highest BCUT2D eigenvalue weighted by atomic mass is 35.5. The van der Waals surface area contributed by atoms with Crippen molar-refractivity contribution >= 4 is 23.4 Å². The van der Waals surface area contributed by atoms with E-state index in [-0.39, 0.29) is 5.54 Å². The Morgan fingerprint density at radius 3 is 3.00 bits per heavy atom. The van der Waals surface area contributed by atoms with Crippen LogP contribution in [-0.4, -0.2) is 22.3 Å². The van der Waals surface area contributed by atoms with Gasteiger partial charge in [-0.3, -0.25) is 5.32 Å². The first-order valence-electron chi connectivity index (χ1n) is 7.49. The lowest BCUT2D eigenvalue weighted by Gasteiger charge is -2.32. The summed E-state index contributed by atoms with van der Waals surface area (Å²) in [5.74, 6) is 1.42. The monoisotopic (exact) mass is 323 g/mol. The predicted octanol–water partition coefficient (Wildman–Crippen LogP) is 4.28. The Morgan fingerprint density at radius 1 is 1.57 bits per heavy atom. The number of hydrogen-bond acceptors (Lipinski definition) is 4. The van der Waals surface area contributed by atoms with Crippen LogP contribution in [0, 0.1) is 17.2 Å². The van der Waals surface area contributed by atoms with Gasteiger partial charge in [-0.2, -0.15) is 5.26 Å². The van der Waals surface area contributed by atoms with E-state index in [0.29, 0.717) is 17.0 Å². The minimum absolute atomic E-state index is 0.331. The van der Waals surface area contributed by atoms with Crippen LogP contribution in [0.2, 0.25) is 5.02 Å². The van der Waals surface area contributed by atoms with Crippen LogP contribution in [0.15, 0.2) is 23.4 Å². The number of hydrogen-bond donors (Lipinski definition) is 1. The third-order valence-electron chi connectivity index (χ3n) is 3.98. The zero-order valence-corrected chi connectivity index (χ0v) is 14.2. The van der Waals surface area contributed by atoms with Crippen LogP contribution in [0.4, 0.5) is 0 Å². The second-order valence-electron chi connectivity index (χ2n) is 5.92. The van der Waals surface area contributed by atoms with Gasteiger partial charge in [-0.05, 0) is 56.9 Å². The molecule has 2 atom stereocenters. The zero-order valence-electron chi connectivity index (χ0n) is 12.6. The molecule has 0 aliphatic heterocycles. The molecule has 1 aliphatic rings. The fraction of sp³-hybridized carbons (Fsp3) is 0.625. The first kappa shape index (κ1) is 16.6. The third kappa shape index (κ3) is 4.35. The number of nitrogens with one attached hydrogen (secondary N) is 1. The van der Waals surface area contributed by atoms with Crippen LogP contribution in [0.1, 0.15) is 39.5 Å². The maximum absolute atomic E-state index is 9.64. The van der Waals surface area contributed by atoms with Crippen molar-refractivity contribution < 1.29 is 0 Å². The van der Waals surface area contributed by atoms with E-state index >= 15 is 0 Å². The van der Waals surface area contributed by atoms with Gasteiger partial charge in [-0.25, -0.2) is 4.98 Å². The molecular weight excluding hydrogens is 302 g/mol. The molecular formula is C16H22ClN3S. The van der Waals surface area contributed by atoms with Gasteiger partial charge in [0.1, 0.15) is 5.54 Å². The summed E-state index contributed by atoms with van der Waals surface area (Å²) in [6, 6.07) is 6.72. The molecule has 0 aromatic carbocycles. The molecule has 0 radical (unpaired) electrons. The summed E-state index contributed by atoms with van der Waals surface area (Å²) in [6.07, 6.45) is 5.97. The van der Waals surface area contributed by atoms with Gasteiger partial charge in [0, 0.05) is 12.2 Å². The van der Waals surface area contributed by atoms with Crippen molar-refractivity contribution in [3.8, 4) is 6.07 Å². The molecule has 1 aromatic rings. The first-order valence-corrected chi connectivity index (χ1v) is 8.85. The maximum Gasteiger partial charge on any atom is 0.109 e. The third-order valence-corrected chi connectivity index (χ3v) is 5.18. The molecule has 0 saturated heterocycles. The highest BCUT2D eigenvalue weighted by molar-refractivity contribution is 7.99. The van der Waals surface area contributed by atoms with Crippen molar-refractivity contribution in [2.24, 2.45) is 5.92 Å². The van der Waals surface area contributed by atoms with Crippen molar-refractivity contribution in [3.63, 3.8) is 0 Å². The minimum atomic E-state index is -0.331. The Morgan fingerprint density at radius 2 is 2.38 bits per heavy atom. The summed E-state index contributed by atoms with van der Waals surface area (Å²) in [5.41, 5.74) is -0.331. The van der Waals surface area contributed by atoms with Crippen LogP contribution in [0.3, 0.4) is 0 Å². The molecule has 0 spiro atoms. The van der Waals surface area contributed by atoms with Gasteiger partial charge in [-0.1, -0.05) is 18.0 Å². The van der Waals surface area contributed by atoms with Crippen LogP contribution in [0.25, 0.3) is 0 Å². The highest BCUT2D eigenvalue weighted by Crippen LogP contribution is 2.39. The molecule has 1 aliphatic carbocycles. The summed E-state index contributed by atoms with van der Waals surface area (Å²) in [7, 11) is 0. The predicted molar refractivity (Wildman–Crippen MR) is 88.5 cm³/mol. The molecule has 5 heteroatoms. The number of rotatable bonds is 6. The van der Waals surface area contributed by atoms with Gasteiger partial charge < -0.3 is 0 Å². The molecule has 2 unspecified atom stereocenters. The average Bonchev–Trinajstić information content (AvgIpc) is 2.84. The van der Waals surface area contributed by atoms with Crippen molar-refractivity contribution in [1.82, 2.24) is 10.3 Å². The second-order valence-corrected chi connectivity index (χ2v) is 7.47. The molecule has 0 bridgehead atoms. The zero-order chi connectivity index (χ0) is 15.3. The standard InChI is InChI=1S/C16H22ClN3S/c1-12(2)20-16(11-18)8-3-4-13(16)7-9-21-15-6-5-14(17)10-19-15/h5-6,10,12-13,20H,3-4,7-9H2,1-2H3. The lowest BCUT2D eigenvalue weighted by Crippen LogP contribution is -2.50. The van der Waals surface area contributed by atoms with Gasteiger partial charge in [0.2, 0.25) is 0 Å². The summed E-state index contributed by atoms with van der Waals surface area (Å²) in [5, 5.41) is 14.8. The smallest absolute Gasteiger partial charge is 0.109 e. The quantitative estimate of drug-likeness (QED) is 0.794. The summed E-state index contributed by atoms with van der Waals surface area (Å²) in [6.45, 7) is 4.22. The van der Waals surface area contributed by atoms with Crippen molar-refractivity contribution in [2.45, 2.75) is 56.1 Å². The molecule has 0 amide bonds. The molecule has 1 saturated carbocycles. The van der Waals surface area contributed by atoms with Gasteiger partial charge in [0.15, 0.2) is 0 Å². The van der Waals surface area contributed by atoms with Crippen LogP contribution < -0.4 is 5.32 Å². The number of halogens is 1. The van der Waals surface area contributed by atoms with E-state index in [4.69, 9.17) is 11.6 Å². The Balaban J connectivity index is 1.89. The van der Waals surface area contributed by atoms with Crippen molar-refractivity contribution in [1.29, 1.82) is 5.26 Å². The lowest BCUT2D eigenvalue weighted by molar-refractivity contribution is 0.289. The van der Waals surface area contributed by atoms with Gasteiger partial charge in [-0.15, -0.1) is 11.8 Å². The van der Waals surface area contributed by atoms with E-state index in [9.17, 15) is 5.26 Å². The molecule has 1 fully saturated rings. The number of aromatic nitrogens is 1. The lowest BCUT2D eigenvalue weighted by atomic mass is 9.86. The normalized spacial score (nSPS) is 25.2. The summed E-state index contributed by atoms with van der Waals surface area (Å²) in [4.78, 5) is 4.30. The van der Waals surface area contributed by atoms with Crippen LogP contribution in [0.5, 0.6) is 0 Å².